The largest absolute Gasteiger partial charge is 0.358 e. The second-order valence-corrected chi connectivity index (χ2v) is 6.42. The van der Waals surface area contributed by atoms with E-state index in [0.29, 0.717) is 0 Å². The van der Waals surface area contributed by atoms with E-state index in [-0.39, 0.29) is 18.0 Å². The predicted molar refractivity (Wildman–Crippen MR) is 93.3 cm³/mol. The molecule has 0 radical (unpaired) electrons. The normalized spacial score (nSPS) is 13.6. The summed E-state index contributed by atoms with van der Waals surface area (Å²) >= 11 is 1.71. The third kappa shape index (κ3) is 4.18. The third-order valence-corrected chi connectivity index (χ3v) is 4.67. The Bertz CT molecular complexity index is 578. The molecular weight excluding hydrogens is 292 g/mol. The van der Waals surface area contributed by atoms with Crippen LogP contribution >= 0.6 is 11.3 Å². The summed E-state index contributed by atoms with van der Waals surface area (Å²) < 4.78 is 0. The highest BCUT2D eigenvalue weighted by atomic mass is 32.1. The quantitative estimate of drug-likeness (QED) is 0.820. The molecule has 0 aliphatic heterocycles. The van der Waals surface area contributed by atoms with Crippen LogP contribution in [-0.2, 0) is 11.2 Å². The summed E-state index contributed by atoms with van der Waals surface area (Å²) in [6, 6.07) is 12.7. The van der Waals surface area contributed by atoms with Gasteiger partial charge in [0.25, 0.3) is 0 Å². The van der Waals surface area contributed by atoms with Crippen molar-refractivity contribution in [1.29, 1.82) is 0 Å². The van der Waals surface area contributed by atoms with Crippen molar-refractivity contribution in [2.45, 2.75) is 38.8 Å². The van der Waals surface area contributed by atoms with Crippen LogP contribution in [0.5, 0.6) is 0 Å². The lowest BCUT2D eigenvalue weighted by atomic mass is 10.0. The molecule has 0 aliphatic rings. The van der Waals surface area contributed by atoms with E-state index in [4.69, 9.17) is 0 Å². The highest BCUT2D eigenvalue weighted by molar-refractivity contribution is 7.10. The van der Waals surface area contributed by atoms with Gasteiger partial charge in [0.05, 0.1) is 12.1 Å². The fraction of sp³-hybridized carbons (Fsp3) is 0.389. The molecular formula is C18H24N2OS. The minimum absolute atomic E-state index is 0.00385. The highest BCUT2D eigenvalue weighted by Gasteiger charge is 2.20. The Hall–Kier alpha value is -1.65. The SMILES string of the molecule is CCCc1ccc([C@H](N[C@H](C)C(=O)NC)c2cccs2)cc1. The van der Waals surface area contributed by atoms with Crippen LogP contribution in [0.4, 0.5) is 0 Å². The van der Waals surface area contributed by atoms with Gasteiger partial charge in [-0.2, -0.15) is 0 Å². The van der Waals surface area contributed by atoms with Crippen molar-refractivity contribution in [1.82, 2.24) is 10.6 Å². The van der Waals surface area contributed by atoms with Gasteiger partial charge in [0.15, 0.2) is 0 Å². The molecule has 1 amide bonds. The Morgan fingerprint density at radius 3 is 2.50 bits per heavy atom. The van der Waals surface area contributed by atoms with E-state index in [2.05, 4.69) is 53.3 Å². The number of hydrogen-bond donors (Lipinski definition) is 2. The maximum atomic E-state index is 11.8. The summed E-state index contributed by atoms with van der Waals surface area (Å²) in [4.78, 5) is 13.0. The summed E-state index contributed by atoms with van der Waals surface area (Å²) in [7, 11) is 1.67. The van der Waals surface area contributed by atoms with Gasteiger partial charge in [0.2, 0.25) is 5.91 Å². The molecule has 2 atom stereocenters. The lowest BCUT2D eigenvalue weighted by molar-refractivity contribution is -0.122. The Kier molecular flexibility index (Phi) is 6.16. The molecule has 2 rings (SSSR count). The number of rotatable bonds is 7. The molecule has 1 heterocycles. The molecule has 0 bridgehead atoms. The number of benzene rings is 1. The number of aryl methyl sites for hydroxylation is 1. The number of carbonyl (C=O) groups excluding carboxylic acids is 1. The molecule has 3 nitrogen and oxygen atoms in total. The van der Waals surface area contributed by atoms with Gasteiger partial charge in [-0.3, -0.25) is 10.1 Å². The van der Waals surface area contributed by atoms with Crippen molar-refractivity contribution in [3.8, 4) is 0 Å². The zero-order valence-corrected chi connectivity index (χ0v) is 14.2. The molecule has 22 heavy (non-hydrogen) atoms. The van der Waals surface area contributed by atoms with E-state index < -0.39 is 0 Å². The summed E-state index contributed by atoms with van der Waals surface area (Å²) in [5.74, 6) is 0.00385. The molecule has 0 aliphatic carbocycles. The average Bonchev–Trinajstić information content (AvgIpc) is 3.07. The van der Waals surface area contributed by atoms with Gasteiger partial charge < -0.3 is 5.32 Å². The molecule has 0 fully saturated rings. The van der Waals surface area contributed by atoms with Crippen LogP contribution in [0, 0.1) is 0 Å². The monoisotopic (exact) mass is 316 g/mol. The Labute approximate surface area is 136 Å². The van der Waals surface area contributed by atoms with Gasteiger partial charge in [0.1, 0.15) is 0 Å². The van der Waals surface area contributed by atoms with Gasteiger partial charge in [-0.1, -0.05) is 43.7 Å². The van der Waals surface area contributed by atoms with E-state index in [0.717, 1.165) is 12.8 Å². The fourth-order valence-electron chi connectivity index (χ4n) is 2.51. The minimum Gasteiger partial charge on any atom is -0.358 e. The molecule has 2 aromatic rings. The molecule has 1 aromatic heterocycles. The van der Waals surface area contributed by atoms with E-state index in [1.807, 2.05) is 13.0 Å². The number of carbonyl (C=O) groups is 1. The van der Waals surface area contributed by atoms with Gasteiger partial charge in [-0.25, -0.2) is 0 Å². The van der Waals surface area contributed by atoms with Crippen LogP contribution < -0.4 is 10.6 Å². The average molecular weight is 316 g/mol. The Morgan fingerprint density at radius 2 is 1.95 bits per heavy atom. The third-order valence-electron chi connectivity index (χ3n) is 3.74. The van der Waals surface area contributed by atoms with Gasteiger partial charge in [0, 0.05) is 11.9 Å². The molecule has 0 saturated heterocycles. The summed E-state index contributed by atoms with van der Waals surface area (Å²) in [5.41, 5.74) is 2.55. The summed E-state index contributed by atoms with van der Waals surface area (Å²) in [6.07, 6.45) is 2.26. The van der Waals surface area contributed by atoms with E-state index in [1.54, 1.807) is 18.4 Å². The van der Waals surface area contributed by atoms with Gasteiger partial charge in [-0.15, -0.1) is 11.3 Å². The maximum Gasteiger partial charge on any atom is 0.236 e. The zero-order chi connectivity index (χ0) is 15.9. The molecule has 1 aromatic carbocycles. The zero-order valence-electron chi connectivity index (χ0n) is 13.4. The first-order chi connectivity index (χ1) is 10.7. The van der Waals surface area contributed by atoms with Gasteiger partial charge >= 0.3 is 0 Å². The number of amides is 1. The van der Waals surface area contributed by atoms with Gasteiger partial charge in [-0.05, 0) is 35.9 Å². The lowest BCUT2D eigenvalue weighted by Gasteiger charge is -2.22. The predicted octanol–water partition coefficient (Wildman–Crippen LogP) is 3.51. The van der Waals surface area contributed by atoms with Crippen LogP contribution in [0.25, 0.3) is 0 Å². The van der Waals surface area contributed by atoms with Crippen molar-refractivity contribution < 1.29 is 4.79 Å². The highest BCUT2D eigenvalue weighted by Crippen LogP contribution is 2.27. The number of nitrogens with one attached hydrogen (secondary N) is 2. The maximum absolute atomic E-state index is 11.8. The Balaban J connectivity index is 2.23. The first-order valence-corrected chi connectivity index (χ1v) is 8.63. The molecule has 4 heteroatoms. The standard InChI is InChI=1S/C18H24N2OS/c1-4-6-14-8-10-15(11-9-14)17(16-7-5-12-22-16)20-13(2)18(21)19-3/h5,7-13,17,20H,4,6H2,1-3H3,(H,19,21)/t13-,17+/m1/s1. The minimum atomic E-state index is -0.243. The first kappa shape index (κ1) is 16.7. The van der Waals surface area contributed by atoms with E-state index in [1.165, 1.54) is 16.0 Å². The smallest absolute Gasteiger partial charge is 0.236 e. The van der Waals surface area contributed by atoms with Crippen LogP contribution in [0.3, 0.4) is 0 Å². The Morgan fingerprint density at radius 1 is 1.23 bits per heavy atom. The molecule has 0 saturated carbocycles. The van der Waals surface area contributed by atoms with Crippen molar-refractivity contribution in [3.63, 3.8) is 0 Å². The molecule has 0 unspecified atom stereocenters. The van der Waals surface area contributed by atoms with Crippen LogP contribution in [0.2, 0.25) is 0 Å². The fourth-order valence-corrected chi connectivity index (χ4v) is 3.32. The van der Waals surface area contributed by atoms with E-state index >= 15 is 0 Å². The second-order valence-electron chi connectivity index (χ2n) is 5.44. The molecule has 2 N–H and O–H groups in total. The van der Waals surface area contributed by atoms with Crippen molar-refractivity contribution in [2.24, 2.45) is 0 Å². The molecule has 0 spiro atoms. The second kappa shape index (κ2) is 8.11. The van der Waals surface area contributed by atoms with Crippen LogP contribution in [0.15, 0.2) is 41.8 Å². The first-order valence-electron chi connectivity index (χ1n) is 7.75. The van der Waals surface area contributed by atoms with Crippen LogP contribution in [-0.4, -0.2) is 19.0 Å². The summed E-state index contributed by atoms with van der Waals surface area (Å²) in [5, 5.41) is 8.20. The van der Waals surface area contributed by atoms with Crippen LogP contribution in [0.1, 0.15) is 42.3 Å². The summed E-state index contributed by atoms with van der Waals surface area (Å²) in [6.45, 7) is 4.08. The number of likely N-dealkylation sites (N-methyl/N-ethyl adjacent to an activating group) is 1. The lowest BCUT2D eigenvalue weighted by Crippen LogP contribution is -2.42. The van der Waals surface area contributed by atoms with Crippen molar-refractivity contribution in [3.05, 3.63) is 57.8 Å². The van der Waals surface area contributed by atoms with Crippen molar-refractivity contribution in [2.75, 3.05) is 7.05 Å². The number of hydrogen-bond acceptors (Lipinski definition) is 3. The van der Waals surface area contributed by atoms with Crippen molar-refractivity contribution >= 4 is 17.2 Å². The molecule has 118 valence electrons. The van der Waals surface area contributed by atoms with E-state index in [9.17, 15) is 4.79 Å². The number of thiophene rings is 1. The topological polar surface area (TPSA) is 41.1 Å².